The summed E-state index contributed by atoms with van der Waals surface area (Å²) in [4.78, 5) is 22.5. The van der Waals surface area contributed by atoms with Crippen molar-refractivity contribution in [1.82, 2.24) is 5.32 Å². The van der Waals surface area contributed by atoms with E-state index in [9.17, 15) is 9.59 Å². The molecular formula is C13H26N2O3. The van der Waals surface area contributed by atoms with Gasteiger partial charge in [-0.15, -0.1) is 0 Å². The summed E-state index contributed by atoms with van der Waals surface area (Å²) in [6.45, 7) is 9.66. The van der Waals surface area contributed by atoms with Crippen LogP contribution >= 0.6 is 0 Å². The minimum Gasteiger partial charge on any atom is -0.481 e. The summed E-state index contributed by atoms with van der Waals surface area (Å²) in [6.07, 6.45) is 0.685. The molecule has 0 spiro atoms. The monoisotopic (exact) mass is 258 g/mol. The first-order valence-corrected chi connectivity index (χ1v) is 6.27. The Kier molecular flexibility index (Phi) is 5.80. The molecule has 4 N–H and O–H groups in total. The molecule has 0 aromatic carbocycles. The number of rotatable bonds is 7. The first-order chi connectivity index (χ1) is 7.98. The van der Waals surface area contributed by atoms with E-state index in [0.29, 0.717) is 13.0 Å². The Hall–Kier alpha value is -1.10. The molecule has 0 fully saturated rings. The molecule has 1 atom stereocenters. The predicted octanol–water partition coefficient (Wildman–Crippen LogP) is 1.37. The van der Waals surface area contributed by atoms with Crippen molar-refractivity contribution in [3.8, 4) is 0 Å². The van der Waals surface area contributed by atoms with Crippen LogP contribution in [0.5, 0.6) is 0 Å². The first kappa shape index (κ1) is 16.9. The maximum atomic E-state index is 12.0. The second-order valence-corrected chi connectivity index (χ2v) is 6.09. The molecule has 5 heteroatoms. The van der Waals surface area contributed by atoms with Gasteiger partial charge in [0.15, 0.2) is 0 Å². The van der Waals surface area contributed by atoms with Gasteiger partial charge in [0.2, 0.25) is 5.91 Å². The van der Waals surface area contributed by atoms with Crippen molar-refractivity contribution < 1.29 is 14.7 Å². The summed E-state index contributed by atoms with van der Waals surface area (Å²) in [5.74, 6) is -0.768. The molecule has 0 bridgehead atoms. The van der Waals surface area contributed by atoms with Crippen molar-refractivity contribution in [1.29, 1.82) is 0 Å². The highest BCUT2D eigenvalue weighted by molar-refractivity contribution is 5.83. The number of nitrogens with one attached hydrogen (secondary N) is 1. The minimum atomic E-state index is -0.809. The maximum Gasteiger partial charge on any atom is 0.303 e. The smallest absolute Gasteiger partial charge is 0.303 e. The third-order valence-electron chi connectivity index (χ3n) is 3.64. The van der Waals surface area contributed by atoms with Crippen LogP contribution in [0.15, 0.2) is 0 Å². The van der Waals surface area contributed by atoms with Gasteiger partial charge in [-0.2, -0.15) is 0 Å². The molecule has 0 aliphatic rings. The molecule has 0 radical (unpaired) electrons. The standard InChI is InChI=1S/C13H26N2O3/c1-9(6-7-10(16)17)8-15-11(18)12(2,3)13(4,5)14/h9H,6-8,14H2,1-5H3,(H,15,18)(H,16,17). The maximum absolute atomic E-state index is 12.0. The van der Waals surface area contributed by atoms with E-state index in [1.54, 1.807) is 0 Å². The summed E-state index contributed by atoms with van der Waals surface area (Å²) in [5.41, 5.74) is 4.70. The Balaban J connectivity index is 4.22. The predicted molar refractivity (Wildman–Crippen MR) is 71.1 cm³/mol. The fraction of sp³-hybridized carbons (Fsp3) is 0.846. The summed E-state index contributed by atoms with van der Waals surface area (Å²) in [5, 5.41) is 11.4. The van der Waals surface area contributed by atoms with Crippen LogP contribution in [-0.2, 0) is 9.59 Å². The Bertz CT molecular complexity index is 306. The highest BCUT2D eigenvalue weighted by Crippen LogP contribution is 2.28. The Morgan fingerprint density at radius 3 is 2.17 bits per heavy atom. The summed E-state index contributed by atoms with van der Waals surface area (Å²) in [6, 6.07) is 0. The number of carboxylic acid groups (broad SMARTS) is 1. The molecule has 0 aliphatic carbocycles. The highest BCUT2D eigenvalue weighted by Gasteiger charge is 2.40. The summed E-state index contributed by atoms with van der Waals surface area (Å²) >= 11 is 0. The summed E-state index contributed by atoms with van der Waals surface area (Å²) in [7, 11) is 0. The van der Waals surface area contributed by atoms with Crippen molar-refractivity contribution in [2.24, 2.45) is 17.1 Å². The Morgan fingerprint density at radius 1 is 1.28 bits per heavy atom. The third-order valence-corrected chi connectivity index (χ3v) is 3.64. The van der Waals surface area contributed by atoms with E-state index in [-0.39, 0.29) is 18.2 Å². The molecule has 106 valence electrons. The van der Waals surface area contributed by atoms with E-state index >= 15 is 0 Å². The molecule has 0 heterocycles. The second kappa shape index (κ2) is 6.18. The second-order valence-electron chi connectivity index (χ2n) is 6.09. The molecule has 0 aliphatic heterocycles. The van der Waals surface area contributed by atoms with Crippen LogP contribution in [0.3, 0.4) is 0 Å². The fourth-order valence-corrected chi connectivity index (χ4v) is 1.25. The van der Waals surface area contributed by atoms with Gasteiger partial charge in [-0.25, -0.2) is 0 Å². The van der Waals surface area contributed by atoms with Gasteiger partial charge < -0.3 is 16.2 Å². The minimum absolute atomic E-state index is 0.0998. The van der Waals surface area contributed by atoms with Gasteiger partial charge in [0.05, 0.1) is 5.41 Å². The molecule has 0 aromatic rings. The van der Waals surface area contributed by atoms with Crippen LogP contribution in [-0.4, -0.2) is 29.1 Å². The lowest BCUT2D eigenvalue weighted by Crippen LogP contribution is -2.56. The van der Waals surface area contributed by atoms with Crippen LogP contribution < -0.4 is 11.1 Å². The van der Waals surface area contributed by atoms with E-state index in [4.69, 9.17) is 10.8 Å². The van der Waals surface area contributed by atoms with Gasteiger partial charge in [0, 0.05) is 18.5 Å². The normalized spacial score (nSPS) is 14.1. The number of amides is 1. The van der Waals surface area contributed by atoms with Gasteiger partial charge in [-0.3, -0.25) is 9.59 Å². The molecule has 18 heavy (non-hydrogen) atoms. The fourth-order valence-electron chi connectivity index (χ4n) is 1.25. The summed E-state index contributed by atoms with van der Waals surface area (Å²) < 4.78 is 0. The van der Waals surface area contributed by atoms with Crippen molar-refractivity contribution in [2.75, 3.05) is 6.54 Å². The first-order valence-electron chi connectivity index (χ1n) is 6.27. The number of carboxylic acids is 1. The van der Waals surface area contributed by atoms with Gasteiger partial charge >= 0.3 is 5.97 Å². The number of carbonyl (C=O) groups is 2. The quantitative estimate of drug-likeness (QED) is 0.643. The molecule has 0 saturated heterocycles. The molecule has 1 amide bonds. The van der Waals surface area contributed by atoms with Crippen LogP contribution in [0.2, 0.25) is 0 Å². The van der Waals surface area contributed by atoms with Crippen molar-refractivity contribution in [3.05, 3.63) is 0 Å². The van der Waals surface area contributed by atoms with E-state index in [1.807, 2.05) is 34.6 Å². The lowest BCUT2D eigenvalue weighted by molar-refractivity contribution is -0.137. The van der Waals surface area contributed by atoms with Crippen LogP contribution in [0.25, 0.3) is 0 Å². The average Bonchev–Trinajstić information content (AvgIpc) is 2.21. The topological polar surface area (TPSA) is 92.4 Å². The molecule has 0 rings (SSSR count). The van der Waals surface area contributed by atoms with Crippen LogP contribution in [0.4, 0.5) is 0 Å². The van der Waals surface area contributed by atoms with Crippen LogP contribution in [0, 0.1) is 11.3 Å². The number of aliphatic carboxylic acids is 1. The number of hydrogen-bond donors (Lipinski definition) is 3. The molecule has 1 unspecified atom stereocenters. The zero-order valence-corrected chi connectivity index (χ0v) is 12.0. The van der Waals surface area contributed by atoms with E-state index in [1.165, 1.54) is 0 Å². The van der Waals surface area contributed by atoms with Gasteiger partial charge in [-0.05, 0) is 40.0 Å². The van der Waals surface area contributed by atoms with E-state index < -0.39 is 16.9 Å². The van der Waals surface area contributed by atoms with Crippen molar-refractivity contribution >= 4 is 11.9 Å². The average molecular weight is 258 g/mol. The van der Waals surface area contributed by atoms with Gasteiger partial charge in [-0.1, -0.05) is 6.92 Å². The van der Waals surface area contributed by atoms with E-state index in [0.717, 1.165) is 0 Å². The lowest BCUT2D eigenvalue weighted by Gasteiger charge is -2.37. The highest BCUT2D eigenvalue weighted by atomic mass is 16.4. The Labute approximate surface area is 109 Å². The molecule has 0 saturated carbocycles. The molecule has 5 nitrogen and oxygen atoms in total. The SMILES string of the molecule is CC(CCC(=O)O)CNC(=O)C(C)(C)C(C)(C)N. The van der Waals surface area contributed by atoms with Crippen LogP contribution in [0.1, 0.15) is 47.5 Å². The number of hydrogen-bond acceptors (Lipinski definition) is 3. The Morgan fingerprint density at radius 2 is 1.78 bits per heavy atom. The zero-order chi connectivity index (χ0) is 14.6. The zero-order valence-electron chi connectivity index (χ0n) is 12.0. The molecule has 0 aromatic heterocycles. The lowest BCUT2D eigenvalue weighted by atomic mass is 9.74. The number of carbonyl (C=O) groups excluding carboxylic acids is 1. The van der Waals surface area contributed by atoms with Crippen molar-refractivity contribution in [2.45, 2.75) is 53.0 Å². The third kappa shape index (κ3) is 5.04. The van der Waals surface area contributed by atoms with Gasteiger partial charge in [0.1, 0.15) is 0 Å². The molecular weight excluding hydrogens is 232 g/mol. The largest absolute Gasteiger partial charge is 0.481 e. The number of nitrogens with two attached hydrogens (primary N) is 1. The van der Waals surface area contributed by atoms with E-state index in [2.05, 4.69) is 5.32 Å². The van der Waals surface area contributed by atoms with Crippen molar-refractivity contribution in [3.63, 3.8) is 0 Å². The van der Waals surface area contributed by atoms with Gasteiger partial charge in [0.25, 0.3) is 0 Å².